The van der Waals surface area contributed by atoms with Crippen molar-refractivity contribution in [3.63, 3.8) is 0 Å². The number of carbonyl (C=O) groups is 2. The average molecular weight is 489 g/mol. The van der Waals surface area contributed by atoms with Crippen molar-refractivity contribution in [2.45, 2.75) is 59.0 Å². The van der Waals surface area contributed by atoms with Gasteiger partial charge in [-0.3, -0.25) is 9.59 Å². The lowest BCUT2D eigenvalue weighted by molar-refractivity contribution is -0.164. The lowest BCUT2D eigenvalue weighted by Crippen LogP contribution is -2.68. The summed E-state index contributed by atoms with van der Waals surface area (Å²) in [6.07, 6.45) is 1.44. The number of aromatic nitrogens is 2. The topological polar surface area (TPSA) is 78.7 Å². The molecule has 4 rings (SSSR count). The first-order valence-corrected chi connectivity index (χ1v) is 12.5. The molecule has 0 spiro atoms. The van der Waals surface area contributed by atoms with Crippen LogP contribution in [-0.2, 0) is 36.0 Å². The van der Waals surface area contributed by atoms with Crippen molar-refractivity contribution in [1.29, 1.82) is 0 Å². The molecule has 190 valence electrons. The van der Waals surface area contributed by atoms with Gasteiger partial charge in [0.2, 0.25) is 17.7 Å². The lowest BCUT2D eigenvalue weighted by atomic mass is 9.84. The number of aromatic hydroxyl groups is 1. The van der Waals surface area contributed by atoms with Crippen LogP contribution in [0.2, 0.25) is 0 Å². The van der Waals surface area contributed by atoms with Crippen LogP contribution < -0.4 is 0 Å². The van der Waals surface area contributed by atoms with Crippen LogP contribution in [0.4, 0.5) is 0 Å². The minimum atomic E-state index is -0.868. The van der Waals surface area contributed by atoms with Crippen LogP contribution in [0.1, 0.15) is 46.9 Å². The zero-order valence-electron chi connectivity index (χ0n) is 21.9. The third kappa shape index (κ3) is 5.45. The van der Waals surface area contributed by atoms with Crippen LogP contribution in [-0.4, -0.2) is 55.1 Å². The van der Waals surface area contributed by atoms with E-state index in [1.807, 2.05) is 69.0 Å². The molecule has 2 amide bonds. The maximum Gasteiger partial charge on any atom is 0.248 e. The van der Waals surface area contributed by atoms with E-state index in [9.17, 15) is 14.7 Å². The number of hydrogen-bond acceptors (Lipinski definition) is 4. The van der Waals surface area contributed by atoms with Gasteiger partial charge in [0.25, 0.3) is 0 Å². The number of benzene rings is 2. The van der Waals surface area contributed by atoms with Gasteiger partial charge >= 0.3 is 0 Å². The Kier molecular flexibility index (Phi) is 7.20. The number of amides is 2. The molecule has 2 aromatic carbocycles. The summed E-state index contributed by atoms with van der Waals surface area (Å²) in [5.74, 6) is 0.0193. The van der Waals surface area contributed by atoms with E-state index in [-0.39, 0.29) is 24.1 Å². The zero-order chi connectivity index (χ0) is 26.0. The molecule has 1 saturated heterocycles. The molecule has 1 fully saturated rings. The molecular formula is C29H36N4O3. The van der Waals surface area contributed by atoms with Crippen molar-refractivity contribution >= 4 is 11.8 Å². The van der Waals surface area contributed by atoms with Crippen molar-refractivity contribution in [3.8, 4) is 5.88 Å². The molecule has 2 heterocycles. The summed E-state index contributed by atoms with van der Waals surface area (Å²) in [5.41, 5.74) is 5.29. The third-order valence-electron chi connectivity index (χ3n) is 7.14. The summed E-state index contributed by atoms with van der Waals surface area (Å²) in [5, 5.41) is 14.2. The SMILES string of the molecule is Cc1ccc(CN(CCc2cc(O)n(C)n2)C(=O)C2(C)CCN2C(=O)Cc2cc(C)cc(C)c2)cc1. The first kappa shape index (κ1) is 25.5. The average Bonchev–Trinajstić information content (AvgIpc) is 3.12. The van der Waals surface area contributed by atoms with Crippen LogP contribution in [0.25, 0.3) is 0 Å². The maximum absolute atomic E-state index is 13.9. The van der Waals surface area contributed by atoms with Gasteiger partial charge in [0, 0.05) is 39.2 Å². The van der Waals surface area contributed by atoms with E-state index in [2.05, 4.69) is 11.2 Å². The fraction of sp³-hybridized carbons (Fsp3) is 0.414. The number of nitrogens with zero attached hydrogens (tertiary/aromatic N) is 4. The van der Waals surface area contributed by atoms with Gasteiger partial charge in [-0.25, -0.2) is 4.68 Å². The Morgan fingerprint density at radius 1 is 1.00 bits per heavy atom. The molecule has 1 unspecified atom stereocenters. The molecule has 0 aliphatic carbocycles. The standard InChI is InChI=1S/C29H36N4O3/c1-20-6-8-23(9-7-20)19-32(12-10-25-18-26(34)31(5)30-25)28(36)29(4)11-13-33(29)27(35)17-24-15-21(2)14-22(3)16-24/h6-9,14-16,18,34H,10-13,17,19H2,1-5H3. The van der Waals surface area contributed by atoms with Crippen molar-refractivity contribution in [2.75, 3.05) is 13.1 Å². The second-order valence-electron chi connectivity index (χ2n) is 10.3. The zero-order valence-corrected chi connectivity index (χ0v) is 21.9. The predicted molar refractivity (Wildman–Crippen MR) is 140 cm³/mol. The smallest absolute Gasteiger partial charge is 0.248 e. The summed E-state index contributed by atoms with van der Waals surface area (Å²) in [4.78, 5) is 30.8. The number of carbonyl (C=O) groups excluding carboxylic acids is 2. The molecule has 0 bridgehead atoms. The quantitative estimate of drug-likeness (QED) is 0.522. The van der Waals surface area contributed by atoms with Crippen LogP contribution in [0.3, 0.4) is 0 Å². The van der Waals surface area contributed by atoms with Gasteiger partial charge in [-0.1, -0.05) is 59.2 Å². The fourth-order valence-corrected chi connectivity index (χ4v) is 5.02. The molecular weight excluding hydrogens is 452 g/mol. The Balaban J connectivity index is 1.52. The van der Waals surface area contributed by atoms with Crippen LogP contribution in [0.15, 0.2) is 48.5 Å². The van der Waals surface area contributed by atoms with Crippen LogP contribution in [0.5, 0.6) is 5.88 Å². The molecule has 1 aliphatic rings. The lowest BCUT2D eigenvalue weighted by Gasteiger charge is -2.51. The van der Waals surface area contributed by atoms with E-state index < -0.39 is 5.54 Å². The molecule has 36 heavy (non-hydrogen) atoms. The van der Waals surface area contributed by atoms with Crippen molar-refractivity contribution < 1.29 is 14.7 Å². The molecule has 0 saturated carbocycles. The highest BCUT2D eigenvalue weighted by Gasteiger charge is 2.50. The monoisotopic (exact) mass is 488 g/mol. The Hall–Kier alpha value is -3.61. The van der Waals surface area contributed by atoms with E-state index in [1.54, 1.807) is 18.0 Å². The molecule has 1 atom stereocenters. The fourth-order valence-electron chi connectivity index (χ4n) is 5.02. The van der Waals surface area contributed by atoms with E-state index in [0.717, 1.165) is 33.5 Å². The Labute approximate surface area is 213 Å². The first-order chi connectivity index (χ1) is 17.0. The summed E-state index contributed by atoms with van der Waals surface area (Å²) in [7, 11) is 1.68. The van der Waals surface area contributed by atoms with Crippen molar-refractivity contribution in [2.24, 2.45) is 7.05 Å². The number of likely N-dealkylation sites (tertiary alicyclic amines) is 1. The maximum atomic E-state index is 13.9. The molecule has 3 aromatic rings. The van der Waals surface area contributed by atoms with E-state index in [4.69, 9.17) is 0 Å². The van der Waals surface area contributed by atoms with E-state index in [0.29, 0.717) is 32.5 Å². The molecule has 7 heteroatoms. The Morgan fingerprint density at radius 3 is 2.22 bits per heavy atom. The summed E-state index contributed by atoms with van der Waals surface area (Å²) < 4.78 is 1.42. The number of aryl methyl sites for hydroxylation is 4. The predicted octanol–water partition coefficient (Wildman–Crippen LogP) is 3.86. The number of rotatable bonds is 8. The van der Waals surface area contributed by atoms with Crippen molar-refractivity contribution in [1.82, 2.24) is 19.6 Å². The van der Waals surface area contributed by atoms with Gasteiger partial charge in [0.15, 0.2) is 0 Å². The molecule has 7 nitrogen and oxygen atoms in total. The van der Waals surface area contributed by atoms with Crippen molar-refractivity contribution in [3.05, 3.63) is 82.0 Å². The second kappa shape index (κ2) is 10.2. The van der Waals surface area contributed by atoms with Gasteiger partial charge < -0.3 is 14.9 Å². The largest absolute Gasteiger partial charge is 0.493 e. The highest BCUT2D eigenvalue weighted by atomic mass is 16.3. The number of hydrogen-bond donors (Lipinski definition) is 1. The highest BCUT2D eigenvalue weighted by molar-refractivity contribution is 5.93. The Bertz CT molecular complexity index is 1220. The third-order valence-corrected chi connectivity index (χ3v) is 7.14. The second-order valence-corrected chi connectivity index (χ2v) is 10.3. The van der Waals surface area contributed by atoms with Crippen LogP contribution in [0, 0.1) is 20.8 Å². The molecule has 1 aromatic heterocycles. The summed E-state index contributed by atoms with van der Waals surface area (Å²) in [6.45, 7) is 9.45. The van der Waals surface area contributed by atoms with E-state index >= 15 is 0 Å². The van der Waals surface area contributed by atoms with E-state index in [1.165, 1.54) is 4.68 Å². The Morgan fingerprint density at radius 2 is 1.67 bits per heavy atom. The van der Waals surface area contributed by atoms with Gasteiger partial charge in [-0.05, 0) is 45.2 Å². The minimum absolute atomic E-state index is 0.0213. The normalized spacial score (nSPS) is 17.1. The molecule has 1 N–H and O–H groups in total. The molecule has 0 radical (unpaired) electrons. The van der Waals surface area contributed by atoms with Gasteiger partial charge in [0.1, 0.15) is 5.54 Å². The molecule has 1 aliphatic heterocycles. The van der Waals surface area contributed by atoms with Gasteiger partial charge in [-0.15, -0.1) is 0 Å². The minimum Gasteiger partial charge on any atom is -0.493 e. The van der Waals surface area contributed by atoms with Gasteiger partial charge in [0.05, 0.1) is 12.1 Å². The van der Waals surface area contributed by atoms with Gasteiger partial charge in [-0.2, -0.15) is 5.10 Å². The van der Waals surface area contributed by atoms with Crippen LogP contribution >= 0.6 is 0 Å². The summed E-state index contributed by atoms with van der Waals surface area (Å²) in [6, 6.07) is 15.9. The first-order valence-electron chi connectivity index (χ1n) is 12.5. The highest BCUT2D eigenvalue weighted by Crippen LogP contribution is 2.34. The summed E-state index contributed by atoms with van der Waals surface area (Å²) >= 11 is 0.